The number of amides is 1. The fourth-order valence-corrected chi connectivity index (χ4v) is 2.38. The molecule has 0 spiro atoms. The smallest absolute Gasteiger partial charge is 0.319 e. The van der Waals surface area contributed by atoms with Crippen molar-refractivity contribution in [1.82, 2.24) is 14.5 Å². The molecule has 0 bridgehead atoms. The highest BCUT2D eigenvalue weighted by Gasteiger charge is 2.16. The van der Waals surface area contributed by atoms with Gasteiger partial charge in [0.25, 0.3) is 0 Å². The van der Waals surface area contributed by atoms with Crippen LogP contribution in [-0.4, -0.2) is 34.0 Å². The number of nitrogens with zero attached hydrogens (tertiary/aromatic N) is 3. The number of aryl methyl sites for hydroxylation is 1. The lowest BCUT2D eigenvalue weighted by Gasteiger charge is -2.18. The van der Waals surface area contributed by atoms with Crippen LogP contribution >= 0.6 is 0 Å². The first-order chi connectivity index (χ1) is 11.5. The number of carbonyl (C=O) groups is 1. The largest absolute Gasteiger partial charge is 0.494 e. The van der Waals surface area contributed by atoms with Gasteiger partial charge in [0, 0.05) is 25.9 Å². The standard InChI is InChI=1S/C17H21F2N3O2/c1-3-24-14-7-5-4-6-13(14)8-9-16(23)21(2)12-15-20-10-11-22(15)17(18)19/h4-7,10-11,17H,3,8-9,12H2,1-2H3. The predicted molar refractivity (Wildman–Crippen MR) is 85.9 cm³/mol. The van der Waals surface area contributed by atoms with Crippen molar-refractivity contribution in [2.45, 2.75) is 32.9 Å². The fourth-order valence-electron chi connectivity index (χ4n) is 2.38. The molecule has 1 aromatic carbocycles. The first-order valence-corrected chi connectivity index (χ1v) is 7.77. The number of ether oxygens (including phenoxy) is 1. The van der Waals surface area contributed by atoms with E-state index in [0.29, 0.717) is 13.0 Å². The van der Waals surface area contributed by atoms with Gasteiger partial charge in [-0.25, -0.2) is 4.98 Å². The number of benzene rings is 1. The van der Waals surface area contributed by atoms with E-state index < -0.39 is 6.55 Å². The highest BCUT2D eigenvalue weighted by atomic mass is 19.3. The van der Waals surface area contributed by atoms with Crippen molar-refractivity contribution in [2.24, 2.45) is 0 Å². The third-order valence-corrected chi connectivity index (χ3v) is 3.64. The molecule has 0 atom stereocenters. The predicted octanol–water partition coefficient (Wildman–Crippen LogP) is 3.27. The monoisotopic (exact) mass is 337 g/mol. The molecule has 0 N–H and O–H groups in total. The van der Waals surface area contributed by atoms with Gasteiger partial charge >= 0.3 is 6.55 Å². The van der Waals surface area contributed by atoms with E-state index in [0.717, 1.165) is 15.9 Å². The molecule has 0 aliphatic rings. The van der Waals surface area contributed by atoms with Crippen LogP contribution < -0.4 is 4.74 Å². The number of alkyl halides is 2. The van der Waals surface area contributed by atoms with Crippen LogP contribution in [0.15, 0.2) is 36.7 Å². The topological polar surface area (TPSA) is 47.4 Å². The van der Waals surface area contributed by atoms with Gasteiger partial charge < -0.3 is 9.64 Å². The first-order valence-electron chi connectivity index (χ1n) is 7.77. The van der Waals surface area contributed by atoms with E-state index in [9.17, 15) is 13.6 Å². The van der Waals surface area contributed by atoms with Crippen LogP contribution in [0.2, 0.25) is 0 Å². The minimum absolute atomic E-state index is 0.0449. The molecule has 1 aromatic heterocycles. The molecule has 0 unspecified atom stereocenters. The van der Waals surface area contributed by atoms with E-state index in [2.05, 4.69) is 4.98 Å². The Balaban J connectivity index is 1.94. The minimum atomic E-state index is -2.66. The highest BCUT2D eigenvalue weighted by Crippen LogP contribution is 2.20. The molecule has 2 aromatic rings. The van der Waals surface area contributed by atoms with Crippen molar-refractivity contribution < 1.29 is 18.3 Å². The van der Waals surface area contributed by atoms with Crippen LogP contribution in [0.1, 0.15) is 31.3 Å². The van der Waals surface area contributed by atoms with Crippen molar-refractivity contribution in [2.75, 3.05) is 13.7 Å². The maximum Gasteiger partial charge on any atom is 0.319 e. The summed E-state index contributed by atoms with van der Waals surface area (Å²) < 4.78 is 31.9. The van der Waals surface area contributed by atoms with E-state index in [1.807, 2.05) is 31.2 Å². The Morgan fingerprint density at radius 1 is 1.38 bits per heavy atom. The normalized spacial score (nSPS) is 10.9. The van der Waals surface area contributed by atoms with E-state index in [4.69, 9.17) is 4.74 Å². The Morgan fingerprint density at radius 2 is 2.12 bits per heavy atom. The molecule has 0 saturated carbocycles. The lowest BCUT2D eigenvalue weighted by molar-refractivity contribution is -0.130. The summed E-state index contributed by atoms with van der Waals surface area (Å²) in [5, 5.41) is 0. The summed E-state index contributed by atoms with van der Waals surface area (Å²) in [6.45, 7) is -0.158. The van der Waals surface area contributed by atoms with Crippen LogP contribution in [0.25, 0.3) is 0 Å². The van der Waals surface area contributed by atoms with Crippen LogP contribution in [0.4, 0.5) is 8.78 Å². The zero-order valence-electron chi connectivity index (χ0n) is 13.8. The summed E-state index contributed by atoms with van der Waals surface area (Å²) in [7, 11) is 1.58. The molecule has 0 fully saturated rings. The van der Waals surface area contributed by atoms with Gasteiger partial charge in [0.1, 0.15) is 11.6 Å². The minimum Gasteiger partial charge on any atom is -0.494 e. The van der Waals surface area contributed by atoms with Crippen LogP contribution in [0.5, 0.6) is 5.75 Å². The molecule has 1 heterocycles. The van der Waals surface area contributed by atoms with E-state index in [1.54, 1.807) is 7.05 Å². The number of hydrogen-bond acceptors (Lipinski definition) is 3. The second kappa shape index (κ2) is 8.42. The first kappa shape index (κ1) is 17.9. The molecule has 0 radical (unpaired) electrons. The summed E-state index contributed by atoms with van der Waals surface area (Å²) in [6, 6.07) is 7.56. The fraction of sp³-hybridized carbons (Fsp3) is 0.412. The quantitative estimate of drug-likeness (QED) is 0.743. The Morgan fingerprint density at radius 3 is 2.83 bits per heavy atom. The molecular weight excluding hydrogens is 316 g/mol. The molecule has 5 nitrogen and oxygen atoms in total. The third kappa shape index (κ3) is 4.53. The second-order valence-electron chi connectivity index (χ2n) is 5.32. The summed E-state index contributed by atoms with van der Waals surface area (Å²) in [5.74, 6) is 0.796. The van der Waals surface area contributed by atoms with Gasteiger partial charge in [-0.1, -0.05) is 18.2 Å². The van der Waals surface area contributed by atoms with Gasteiger partial charge in [-0.3, -0.25) is 9.36 Å². The van der Waals surface area contributed by atoms with Crippen molar-refractivity contribution in [1.29, 1.82) is 0 Å². The van der Waals surface area contributed by atoms with Gasteiger partial charge in [-0.05, 0) is 25.0 Å². The summed E-state index contributed by atoms with van der Waals surface area (Å²) >= 11 is 0. The second-order valence-corrected chi connectivity index (χ2v) is 5.32. The molecule has 0 saturated heterocycles. The maximum absolute atomic E-state index is 12.8. The number of hydrogen-bond donors (Lipinski definition) is 0. The number of rotatable bonds is 8. The third-order valence-electron chi connectivity index (χ3n) is 3.64. The Bertz CT molecular complexity index is 673. The zero-order chi connectivity index (χ0) is 17.5. The number of para-hydroxylation sites is 1. The van der Waals surface area contributed by atoms with Crippen molar-refractivity contribution >= 4 is 5.91 Å². The number of imidazole rings is 1. The highest BCUT2D eigenvalue weighted by molar-refractivity contribution is 5.76. The van der Waals surface area contributed by atoms with Gasteiger partial charge in [0.05, 0.1) is 13.2 Å². The SMILES string of the molecule is CCOc1ccccc1CCC(=O)N(C)Cc1nccn1C(F)F. The van der Waals surface area contributed by atoms with Crippen LogP contribution in [0, 0.1) is 0 Å². The van der Waals surface area contributed by atoms with Gasteiger partial charge in [-0.15, -0.1) is 0 Å². The molecule has 0 aliphatic carbocycles. The Labute approximate surface area is 139 Å². The Hall–Kier alpha value is -2.44. The van der Waals surface area contributed by atoms with Crippen LogP contribution in [-0.2, 0) is 17.8 Å². The summed E-state index contributed by atoms with van der Waals surface area (Å²) in [4.78, 5) is 17.5. The average molecular weight is 337 g/mol. The number of halogens is 2. The summed E-state index contributed by atoms with van der Waals surface area (Å²) in [5.41, 5.74) is 0.954. The van der Waals surface area contributed by atoms with E-state index >= 15 is 0 Å². The van der Waals surface area contributed by atoms with Crippen molar-refractivity contribution in [3.8, 4) is 5.75 Å². The molecule has 130 valence electrons. The average Bonchev–Trinajstić information content (AvgIpc) is 3.02. The number of aromatic nitrogens is 2. The molecular formula is C17H21F2N3O2. The zero-order valence-corrected chi connectivity index (χ0v) is 13.8. The van der Waals surface area contributed by atoms with Crippen molar-refractivity contribution in [3.05, 3.63) is 48.0 Å². The van der Waals surface area contributed by atoms with E-state index in [1.165, 1.54) is 17.3 Å². The Kier molecular flexibility index (Phi) is 6.28. The lowest BCUT2D eigenvalue weighted by atomic mass is 10.1. The summed E-state index contributed by atoms with van der Waals surface area (Å²) in [6.07, 6.45) is 3.31. The lowest BCUT2D eigenvalue weighted by Crippen LogP contribution is -2.28. The molecule has 24 heavy (non-hydrogen) atoms. The van der Waals surface area contributed by atoms with Crippen molar-refractivity contribution in [3.63, 3.8) is 0 Å². The molecule has 7 heteroatoms. The molecule has 2 rings (SSSR count). The molecule has 0 aliphatic heterocycles. The van der Waals surface area contributed by atoms with Gasteiger partial charge in [-0.2, -0.15) is 8.78 Å². The maximum atomic E-state index is 12.8. The van der Waals surface area contributed by atoms with Gasteiger partial charge in [0.15, 0.2) is 0 Å². The molecule has 1 amide bonds. The van der Waals surface area contributed by atoms with E-state index in [-0.39, 0.29) is 24.7 Å². The number of carbonyl (C=O) groups excluding carboxylic acids is 1. The van der Waals surface area contributed by atoms with Gasteiger partial charge in [0.2, 0.25) is 5.91 Å². The van der Waals surface area contributed by atoms with Crippen LogP contribution in [0.3, 0.4) is 0 Å².